The standard InChI is InChI=1S/C7H8ClF/c1-5(7(3)9)4-6(2)8/h4H,2-3H2,1H3/b5-4-. The summed E-state index contributed by atoms with van der Waals surface area (Å²) in [5.74, 6) is -0.475. The lowest BCUT2D eigenvalue weighted by Crippen LogP contribution is -1.73. The second-order valence-electron chi connectivity index (χ2n) is 1.68. The predicted molar refractivity (Wildman–Crippen MR) is 39.0 cm³/mol. The Morgan fingerprint density at radius 1 is 1.56 bits per heavy atom. The highest BCUT2D eigenvalue weighted by molar-refractivity contribution is 6.30. The Balaban J connectivity index is 4.17. The maximum absolute atomic E-state index is 12.1. The first-order valence-electron chi connectivity index (χ1n) is 2.41. The number of hydrogen-bond donors (Lipinski definition) is 0. The fraction of sp³-hybridized carbons (Fsp3) is 0.143. The van der Waals surface area contributed by atoms with E-state index in [1.807, 2.05) is 0 Å². The molecule has 0 fully saturated rings. The van der Waals surface area contributed by atoms with Crippen LogP contribution in [0.5, 0.6) is 0 Å². The van der Waals surface area contributed by atoms with Crippen molar-refractivity contribution in [1.82, 2.24) is 0 Å². The van der Waals surface area contributed by atoms with Gasteiger partial charge in [-0.15, -0.1) is 0 Å². The number of rotatable bonds is 2. The van der Waals surface area contributed by atoms with E-state index >= 15 is 0 Å². The number of hydrogen-bond acceptors (Lipinski definition) is 0. The first-order chi connectivity index (χ1) is 4.04. The van der Waals surface area contributed by atoms with Crippen LogP contribution in [0.25, 0.3) is 0 Å². The largest absolute Gasteiger partial charge is 0.207 e. The fourth-order valence-corrected chi connectivity index (χ4v) is 0.477. The molecule has 9 heavy (non-hydrogen) atoms. The van der Waals surface area contributed by atoms with Crippen molar-refractivity contribution in [2.75, 3.05) is 0 Å². The molecule has 0 unspecified atom stereocenters. The van der Waals surface area contributed by atoms with Crippen molar-refractivity contribution in [2.45, 2.75) is 6.92 Å². The minimum absolute atomic E-state index is 0.311. The van der Waals surface area contributed by atoms with Crippen LogP contribution in [0, 0.1) is 0 Å². The molecule has 0 aromatic carbocycles. The van der Waals surface area contributed by atoms with Crippen molar-refractivity contribution < 1.29 is 4.39 Å². The Labute approximate surface area is 59.3 Å². The molecule has 0 atom stereocenters. The molecule has 0 aliphatic carbocycles. The molecule has 0 aliphatic heterocycles. The molecular formula is C7H8ClF. The Hall–Kier alpha value is -0.560. The monoisotopic (exact) mass is 146 g/mol. The van der Waals surface area contributed by atoms with Crippen molar-refractivity contribution in [2.24, 2.45) is 0 Å². The highest BCUT2D eigenvalue weighted by atomic mass is 35.5. The van der Waals surface area contributed by atoms with Crippen molar-refractivity contribution in [3.63, 3.8) is 0 Å². The molecule has 0 bridgehead atoms. The van der Waals surface area contributed by atoms with Gasteiger partial charge in [-0.3, -0.25) is 0 Å². The zero-order valence-corrected chi connectivity index (χ0v) is 6.00. The first-order valence-corrected chi connectivity index (χ1v) is 2.79. The zero-order valence-electron chi connectivity index (χ0n) is 5.25. The van der Waals surface area contributed by atoms with E-state index < -0.39 is 5.83 Å². The van der Waals surface area contributed by atoms with Crippen LogP contribution < -0.4 is 0 Å². The van der Waals surface area contributed by atoms with Gasteiger partial charge in [0.15, 0.2) is 0 Å². The maximum atomic E-state index is 12.1. The zero-order chi connectivity index (χ0) is 7.44. The molecule has 0 heterocycles. The van der Waals surface area contributed by atoms with Crippen molar-refractivity contribution in [3.8, 4) is 0 Å². The van der Waals surface area contributed by atoms with Crippen molar-refractivity contribution >= 4 is 11.6 Å². The molecule has 0 radical (unpaired) electrons. The second kappa shape index (κ2) is 3.46. The summed E-state index contributed by atoms with van der Waals surface area (Å²) in [5, 5.41) is 0.311. The summed E-state index contributed by atoms with van der Waals surface area (Å²) in [4.78, 5) is 0. The molecule has 0 saturated carbocycles. The van der Waals surface area contributed by atoms with Crippen LogP contribution in [-0.2, 0) is 0 Å². The fourth-order valence-electron chi connectivity index (χ4n) is 0.313. The molecule has 0 nitrogen and oxygen atoms in total. The van der Waals surface area contributed by atoms with Gasteiger partial charge in [-0.2, -0.15) is 0 Å². The van der Waals surface area contributed by atoms with Gasteiger partial charge in [0.2, 0.25) is 0 Å². The molecule has 50 valence electrons. The normalized spacial score (nSPS) is 11.2. The predicted octanol–water partition coefficient (Wildman–Crippen LogP) is 3.17. The first kappa shape index (κ1) is 8.44. The van der Waals surface area contributed by atoms with Crippen LogP contribution >= 0.6 is 11.6 Å². The van der Waals surface area contributed by atoms with Gasteiger partial charge in [-0.05, 0) is 18.6 Å². The quantitative estimate of drug-likeness (QED) is 0.525. The van der Waals surface area contributed by atoms with Gasteiger partial charge in [0, 0.05) is 5.03 Å². The molecule has 0 amide bonds. The molecule has 0 spiro atoms. The van der Waals surface area contributed by atoms with Crippen LogP contribution in [0.15, 0.2) is 35.7 Å². The van der Waals surface area contributed by atoms with Crippen molar-refractivity contribution in [3.05, 3.63) is 35.7 Å². The van der Waals surface area contributed by atoms with Crippen LogP contribution in [-0.4, -0.2) is 0 Å². The second-order valence-corrected chi connectivity index (χ2v) is 2.16. The van der Waals surface area contributed by atoms with Gasteiger partial charge < -0.3 is 0 Å². The van der Waals surface area contributed by atoms with Crippen molar-refractivity contribution in [1.29, 1.82) is 0 Å². The summed E-state index contributed by atoms with van der Waals surface area (Å²) in [5.41, 5.74) is 0.412. The molecule has 0 rings (SSSR count). The summed E-state index contributed by atoms with van der Waals surface area (Å²) in [6, 6.07) is 0. The molecule has 2 heteroatoms. The van der Waals surface area contributed by atoms with Gasteiger partial charge in [0.05, 0.1) is 0 Å². The SMILES string of the molecule is C=C(Cl)/C=C(/C)C(=C)F. The summed E-state index contributed by atoms with van der Waals surface area (Å²) in [7, 11) is 0. The smallest absolute Gasteiger partial charge is 0.119 e. The van der Waals surface area contributed by atoms with E-state index in [1.165, 1.54) is 6.08 Å². The number of allylic oxidation sites excluding steroid dienone is 4. The summed E-state index contributed by atoms with van der Waals surface area (Å²) >= 11 is 5.34. The molecule has 0 aliphatic rings. The Morgan fingerprint density at radius 2 is 2.00 bits per heavy atom. The molecular weight excluding hydrogens is 139 g/mol. The summed E-state index contributed by atoms with van der Waals surface area (Å²) in [6.45, 7) is 8.01. The lowest BCUT2D eigenvalue weighted by atomic mass is 10.2. The third kappa shape index (κ3) is 3.98. The highest BCUT2D eigenvalue weighted by Gasteiger charge is 1.91. The molecule has 0 aromatic rings. The van der Waals surface area contributed by atoms with E-state index in [0.29, 0.717) is 10.6 Å². The van der Waals surface area contributed by atoms with E-state index in [0.717, 1.165) is 0 Å². The van der Waals surface area contributed by atoms with Crippen LogP contribution in [0.2, 0.25) is 0 Å². The van der Waals surface area contributed by atoms with E-state index in [-0.39, 0.29) is 0 Å². The highest BCUT2D eigenvalue weighted by Crippen LogP contribution is 2.11. The van der Waals surface area contributed by atoms with E-state index in [9.17, 15) is 4.39 Å². The Kier molecular flexibility index (Phi) is 3.25. The van der Waals surface area contributed by atoms with Gasteiger partial charge >= 0.3 is 0 Å². The minimum atomic E-state index is -0.475. The van der Waals surface area contributed by atoms with E-state index in [4.69, 9.17) is 11.6 Å². The Bertz CT molecular complexity index is 168. The average Bonchev–Trinajstić information content (AvgIpc) is 1.63. The van der Waals surface area contributed by atoms with E-state index in [2.05, 4.69) is 13.2 Å². The topological polar surface area (TPSA) is 0 Å². The number of halogens is 2. The lowest BCUT2D eigenvalue weighted by molar-refractivity contribution is 0.656. The maximum Gasteiger partial charge on any atom is 0.119 e. The molecule has 0 aromatic heterocycles. The summed E-state index contributed by atoms with van der Waals surface area (Å²) in [6.07, 6.45) is 1.42. The third-order valence-electron chi connectivity index (χ3n) is 0.801. The van der Waals surface area contributed by atoms with Gasteiger partial charge in [-0.1, -0.05) is 24.8 Å². The molecule has 0 N–H and O–H groups in total. The summed E-state index contributed by atoms with van der Waals surface area (Å²) < 4.78 is 12.1. The van der Waals surface area contributed by atoms with Crippen LogP contribution in [0.3, 0.4) is 0 Å². The minimum Gasteiger partial charge on any atom is -0.207 e. The van der Waals surface area contributed by atoms with Gasteiger partial charge in [0.25, 0.3) is 0 Å². The van der Waals surface area contributed by atoms with Gasteiger partial charge in [0.1, 0.15) is 5.83 Å². The average molecular weight is 147 g/mol. The van der Waals surface area contributed by atoms with Crippen LogP contribution in [0.1, 0.15) is 6.92 Å². The Morgan fingerprint density at radius 3 is 2.11 bits per heavy atom. The van der Waals surface area contributed by atoms with Gasteiger partial charge in [-0.25, -0.2) is 4.39 Å². The molecule has 0 saturated heterocycles. The van der Waals surface area contributed by atoms with Crippen LogP contribution in [0.4, 0.5) is 4.39 Å². The lowest BCUT2D eigenvalue weighted by Gasteiger charge is -1.91. The third-order valence-corrected chi connectivity index (χ3v) is 0.910. The van der Waals surface area contributed by atoms with E-state index in [1.54, 1.807) is 6.92 Å².